The molecule has 0 aliphatic carbocycles. The molecule has 0 bridgehead atoms. The molecule has 17 heavy (non-hydrogen) atoms. The van der Waals surface area contributed by atoms with Gasteiger partial charge in [-0.3, -0.25) is 4.79 Å². The smallest absolute Gasteiger partial charge is 0.224 e. The third kappa shape index (κ3) is 5.50. The van der Waals surface area contributed by atoms with Crippen molar-refractivity contribution in [1.82, 2.24) is 10.6 Å². The molecule has 1 aliphatic rings. The summed E-state index contributed by atoms with van der Waals surface area (Å²) in [5.41, 5.74) is 0. The van der Waals surface area contributed by atoms with Crippen LogP contribution < -0.4 is 10.6 Å². The summed E-state index contributed by atoms with van der Waals surface area (Å²) in [4.78, 5) is 11.8. The number of hydrogen-bond donors (Lipinski definition) is 2. The third-order valence-corrected chi connectivity index (χ3v) is 3.27. The van der Waals surface area contributed by atoms with Gasteiger partial charge in [0.25, 0.3) is 0 Å². The van der Waals surface area contributed by atoms with Crippen LogP contribution in [0.2, 0.25) is 0 Å². The fourth-order valence-electron chi connectivity index (χ4n) is 2.08. The molecule has 1 fully saturated rings. The maximum Gasteiger partial charge on any atom is 0.224 e. The van der Waals surface area contributed by atoms with Crippen LogP contribution in [0.5, 0.6) is 0 Å². The van der Waals surface area contributed by atoms with Gasteiger partial charge in [0.2, 0.25) is 5.91 Å². The van der Waals surface area contributed by atoms with Gasteiger partial charge in [0.15, 0.2) is 0 Å². The van der Waals surface area contributed by atoms with Crippen molar-refractivity contribution in [1.29, 1.82) is 0 Å². The molecule has 1 amide bonds. The number of amides is 1. The normalized spacial score (nSPS) is 23.9. The van der Waals surface area contributed by atoms with E-state index in [1.54, 1.807) is 0 Å². The fourth-order valence-corrected chi connectivity index (χ4v) is 2.08. The van der Waals surface area contributed by atoms with Crippen molar-refractivity contribution in [2.75, 3.05) is 26.3 Å². The van der Waals surface area contributed by atoms with Crippen LogP contribution in [0.1, 0.15) is 39.5 Å². The van der Waals surface area contributed by atoms with Crippen LogP contribution in [0.3, 0.4) is 0 Å². The average Bonchev–Trinajstić information content (AvgIpc) is 2.74. The molecule has 1 saturated heterocycles. The second-order valence-electron chi connectivity index (χ2n) is 4.75. The van der Waals surface area contributed by atoms with Crippen molar-refractivity contribution < 1.29 is 9.53 Å². The first kappa shape index (κ1) is 14.5. The molecule has 0 saturated carbocycles. The zero-order chi connectivity index (χ0) is 12.5. The van der Waals surface area contributed by atoms with Gasteiger partial charge in [-0.05, 0) is 32.7 Å². The Labute approximate surface area is 104 Å². The Hall–Kier alpha value is -0.610. The third-order valence-electron chi connectivity index (χ3n) is 3.27. The summed E-state index contributed by atoms with van der Waals surface area (Å²) >= 11 is 0. The van der Waals surface area contributed by atoms with Gasteiger partial charge in [-0.2, -0.15) is 0 Å². The van der Waals surface area contributed by atoms with Crippen molar-refractivity contribution in [3.63, 3.8) is 0 Å². The Morgan fingerprint density at radius 1 is 1.41 bits per heavy atom. The van der Waals surface area contributed by atoms with E-state index in [1.165, 1.54) is 6.42 Å². The van der Waals surface area contributed by atoms with Gasteiger partial charge in [-0.1, -0.05) is 13.3 Å². The van der Waals surface area contributed by atoms with Gasteiger partial charge < -0.3 is 15.4 Å². The molecule has 1 rings (SSSR count). The number of nitrogens with one attached hydrogen (secondary N) is 2. The highest BCUT2D eigenvalue weighted by molar-refractivity contribution is 5.79. The monoisotopic (exact) mass is 242 g/mol. The van der Waals surface area contributed by atoms with E-state index in [1.807, 2.05) is 0 Å². The Balaban J connectivity index is 1.97. The topological polar surface area (TPSA) is 50.4 Å². The minimum absolute atomic E-state index is 0.149. The van der Waals surface area contributed by atoms with Crippen molar-refractivity contribution in [2.24, 2.45) is 5.92 Å². The first-order chi connectivity index (χ1) is 8.25. The Morgan fingerprint density at radius 3 is 2.82 bits per heavy atom. The summed E-state index contributed by atoms with van der Waals surface area (Å²) in [6.45, 7) is 7.51. The maximum absolute atomic E-state index is 11.8. The first-order valence-electron chi connectivity index (χ1n) is 6.84. The molecule has 100 valence electrons. The van der Waals surface area contributed by atoms with Gasteiger partial charge >= 0.3 is 0 Å². The van der Waals surface area contributed by atoms with Crippen LogP contribution in [0, 0.1) is 5.92 Å². The minimum Gasteiger partial charge on any atom is -0.381 e. The molecule has 2 atom stereocenters. The maximum atomic E-state index is 11.8. The van der Waals surface area contributed by atoms with Crippen LogP contribution in [0.4, 0.5) is 0 Å². The standard InChI is InChI=1S/C13H26N2O2/c1-3-4-9-17-10-5-7-15-13(16)12-6-8-14-11(12)2/h11-12,14H,3-10H2,1-2H3,(H,15,16). The molecular weight excluding hydrogens is 216 g/mol. The van der Waals surface area contributed by atoms with Crippen molar-refractivity contribution >= 4 is 5.91 Å². The highest BCUT2D eigenvalue weighted by Crippen LogP contribution is 2.14. The highest BCUT2D eigenvalue weighted by atomic mass is 16.5. The largest absolute Gasteiger partial charge is 0.381 e. The Bertz CT molecular complexity index is 221. The average molecular weight is 242 g/mol. The van der Waals surface area contributed by atoms with Crippen LogP contribution in [0.25, 0.3) is 0 Å². The number of rotatable bonds is 8. The molecule has 1 aliphatic heterocycles. The number of hydrogen-bond acceptors (Lipinski definition) is 3. The molecule has 0 aromatic heterocycles. The van der Waals surface area contributed by atoms with E-state index in [-0.39, 0.29) is 11.8 Å². The van der Waals surface area contributed by atoms with Crippen molar-refractivity contribution in [3.8, 4) is 0 Å². The molecule has 1 heterocycles. The van der Waals surface area contributed by atoms with Gasteiger partial charge in [0.05, 0.1) is 5.92 Å². The predicted molar refractivity (Wildman–Crippen MR) is 68.9 cm³/mol. The molecular formula is C13H26N2O2. The molecule has 2 unspecified atom stereocenters. The zero-order valence-electron chi connectivity index (χ0n) is 11.1. The van der Waals surface area contributed by atoms with Crippen molar-refractivity contribution in [3.05, 3.63) is 0 Å². The first-order valence-corrected chi connectivity index (χ1v) is 6.84. The van der Waals surface area contributed by atoms with E-state index in [4.69, 9.17) is 4.74 Å². The second kappa shape index (κ2) is 8.48. The van der Waals surface area contributed by atoms with Gasteiger partial charge in [-0.25, -0.2) is 0 Å². The van der Waals surface area contributed by atoms with E-state index in [0.717, 1.165) is 45.6 Å². The molecule has 0 aromatic rings. The number of carbonyl (C=O) groups excluding carboxylic acids is 1. The SMILES string of the molecule is CCCCOCCCNC(=O)C1CCNC1C. The lowest BCUT2D eigenvalue weighted by Crippen LogP contribution is -2.37. The van der Waals surface area contributed by atoms with Crippen LogP contribution in [-0.4, -0.2) is 38.3 Å². The zero-order valence-corrected chi connectivity index (χ0v) is 11.1. The van der Waals surface area contributed by atoms with Gasteiger partial charge in [0.1, 0.15) is 0 Å². The summed E-state index contributed by atoms with van der Waals surface area (Å²) in [7, 11) is 0. The number of unbranched alkanes of at least 4 members (excludes halogenated alkanes) is 1. The lowest BCUT2D eigenvalue weighted by atomic mass is 10.0. The number of carbonyl (C=O) groups is 1. The summed E-state index contributed by atoms with van der Waals surface area (Å²) in [6, 6.07) is 0.316. The van der Waals surface area contributed by atoms with E-state index in [0.29, 0.717) is 6.04 Å². The summed E-state index contributed by atoms with van der Waals surface area (Å²) in [5, 5.41) is 6.28. The van der Waals surface area contributed by atoms with Gasteiger partial charge in [0, 0.05) is 25.8 Å². The fraction of sp³-hybridized carbons (Fsp3) is 0.923. The van der Waals surface area contributed by atoms with Crippen LogP contribution >= 0.6 is 0 Å². The molecule has 0 aromatic carbocycles. The molecule has 0 radical (unpaired) electrons. The van der Waals surface area contributed by atoms with E-state index in [9.17, 15) is 4.79 Å². The number of ether oxygens (including phenoxy) is 1. The Morgan fingerprint density at radius 2 is 2.18 bits per heavy atom. The summed E-state index contributed by atoms with van der Waals surface area (Å²) in [5.74, 6) is 0.340. The Kier molecular flexibility index (Phi) is 7.21. The second-order valence-corrected chi connectivity index (χ2v) is 4.75. The lowest BCUT2D eigenvalue weighted by molar-refractivity contribution is -0.125. The van der Waals surface area contributed by atoms with Crippen LogP contribution in [-0.2, 0) is 9.53 Å². The van der Waals surface area contributed by atoms with Crippen LogP contribution in [0.15, 0.2) is 0 Å². The van der Waals surface area contributed by atoms with Gasteiger partial charge in [-0.15, -0.1) is 0 Å². The summed E-state index contributed by atoms with van der Waals surface area (Å²) in [6.07, 6.45) is 4.16. The van der Waals surface area contributed by atoms with Crippen molar-refractivity contribution in [2.45, 2.75) is 45.6 Å². The van der Waals surface area contributed by atoms with E-state index < -0.39 is 0 Å². The highest BCUT2D eigenvalue weighted by Gasteiger charge is 2.28. The summed E-state index contributed by atoms with van der Waals surface area (Å²) < 4.78 is 5.44. The quantitative estimate of drug-likeness (QED) is 0.631. The lowest BCUT2D eigenvalue weighted by Gasteiger charge is -2.14. The predicted octanol–water partition coefficient (Wildman–Crippen LogP) is 1.31. The molecule has 4 nitrogen and oxygen atoms in total. The van der Waals surface area contributed by atoms with E-state index in [2.05, 4.69) is 24.5 Å². The van der Waals surface area contributed by atoms with E-state index >= 15 is 0 Å². The minimum atomic E-state index is 0.149. The molecule has 2 N–H and O–H groups in total. The molecule has 4 heteroatoms. The molecule has 0 spiro atoms.